The Morgan fingerprint density at radius 3 is 3.12 bits per heavy atom. The van der Waals surface area contributed by atoms with Crippen LogP contribution < -0.4 is 11.1 Å². The van der Waals surface area contributed by atoms with Crippen molar-refractivity contribution in [1.82, 2.24) is 4.98 Å². The van der Waals surface area contributed by atoms with Crippen LogP contribution in [0.1, 0.15) is 17.7 Å². The number of amides is 1. The second-order valence-corrected chi connectivity index (χ2v) is 5.06. The summed E-state index contributed by atoms with van der Waals surface area (Å²) >= 11 is 1.46. The topological polar surface area (TPSA) is 77.2 Å². The molecule has 1 aliphatic rings. The van der Waals surface area contributed by atoms with Gasteiger partial charge in [0.2, 0.25) is 0 Å². The van der Waals surface area contributed by atoms with E-state index in [0.29, 0.717) is 11.7 Å². The number of ether oxygens (including phenoxy) is 1. The average molecular weight is 241 g/mol. The van der Waals surface area contributed by atoms with Crippen molar-refractivity contribution in [2.45, 2.75) is 32.0 Å². The first-order valence-corrected chi connectivity index (χ1v) is 6.09. The van der Waals surface area contributed by atoms with E-state index in [1.54, 1.807) is 6.20 Å². The van der Waals surface area contributed by atoms with Crippen LogP contribution in [0.5, 0.6) is 0 Å². The molecule has 1 fully saturated rings. The SMILES string of the molecule is Cc1cnc(NC(=O)C2CCC(CN)O2)s1. The minimum absolute atomic E-state index is 0.0220. The minimum Gasteiger partial charge on any atom is -0.364 e. The predicted molar refractivity (Wildman–Crippen MR) is 62.4 cm³/mol. The summed E-state index contributed by atoms with van der Waals surface area (Å²) in [5.74, 6) is -0.120. The highest BCUT2D eigenvalue weighted by Gasteiger charge is 2.30. The molecule has 1 saturated heterocycles. The van der Waals surface area contributed by atoms with Crippen molar-refractivity contribution in [3.8, 4) is 0 Å². The zero-order valence-corrected chi connectivity index (χ0v) is 9.92. The molecule has 16 heavy (non-hydrogen) atoms. The number of anilines is 1. The van der Waals surface area contributed by atoms with Gasteiger partial charge in [0.15, 0.2) is 5.13 Å². The monoisotopic (exact) mass is 241 g/mol. The van der Waals surface area contributed by atoms with Crippen molar-refractivity contribution in [1.29, 1.82) is 0 Å². The Kier molecular flexibility index (Phi) is 3.52. The van der Waals surface area contributed by atoms with Gasteiger partial charge in [-0.05, 0) is 19.8 Å². The van der Waals surface area contributed by atoms with Crippen LogP contribution in [0, 0.1) is 6.92 Å². The molecule has 0 bridgehead atoms. The summed E-state index contributed by atoms with van der Waals surface area (Å²) in [6.45, 7) is 2.42. The molecule has 5 nitrogen and oxygen atoms in total. The second-order valence-electron chi connectivity index (χ2n) is 3.83. The number of carbonyl (C=O) groups excluding carboxylic acids is 1. The first kappa shape index (κ1) is 11.5. The lowest BCUT2D eigenvalue weighted by molar-refractivity contribution is -0.126. The molecular formula is C10H15N3O2S. The van der Waals surface area contributed by atoms with Crippen LogP contribution in [-0.2, 0) is 9.53 Å². The van der Waals surface area contributed by atoms with Crippen LogP contribution in [0.15, 0.2) is 6.20 Å². The van der Waals surface area contributed by atoms with Gasteiger partial charge in [0.25, 0.3) is 5.91 Å². The van der Waals surface area contributed by atoms with Gasteiger partial charge >= 0.3 is 0 Å². The summed E-state index contributed by atoms with van der Waals surface area (Å²) in [7, 11) is 0. The lowest BCUT2D eigenvalue weighted by atomic mass is 10.2. The van der Waals surface area contributed by atoms with Crippen molar-refractivity contribution >= 4 is 22.4 Å². The molecule has 2 atom stereocenters. The summed E-state index contributed by atoms with van der Waals surface area (Å²) in [4.78, 5) is 16.9. The molecule has 1 aromatic heterocycles. The van der Waals surface area contributed by atoms with Crippen LogP contribution in [0.3, 0.4) is 0 Å². The van der Waals surface area contributed by atoms with Crippen molar-refractivity contribution in [2.75, 3.05) is 11.9 Å². The lowest BCUT2D eigenvalue weighted by Gasteiger charge is -2.11. The molecule has 1 aromatic rings. The molecule has 0 aromatic carbocycles. The fraction of sp³-hybridized carbons (Fsp3) is 0.600. The van der Waals surface area contributed by atoms with Crippen molar-refractivity contribution in [3.05, 3.63) is 11.1 Å². The molecule has 6 heteroatoms. The zero-order chi connectivity index (χ0) is 11.5. The van der Waals surface area contributed by atoms with Crippen molar-refractivity contribution < 1.29 is 9.53 Å². The number of nitrogens with two attached hydrogens (primary N) is 1. The maximum Gasteiger partial charge on any atom is 0.255 e. The number of rotatable bonds is 3. The van der Waals surface area contributed by atoms with E-state index in [9.17, 15) is 4.79 Å². The van der Waals surface area contributed by atoms with Crippen LogP contribution in [0.2, 0.25) is 0 Å². The molecule has 0 spiro atoms. The standard InChI is InChI=1S/C10H15N3O2S/c1-6-5-12-10(16-6)13-9(14)8-3-2-7(4-11)15-8/h5,7-8H,2-4,11H2,1H3,(H,12,13,14). The maximum atomic E-state index is 11.8. The van der Waals surface area contributed by atoms with Gasteiger partial charge in [-0.3, -0.25) is 10.1 Å². The minimum atomic E-state index is -0.377. The fourth-order valence-electron chi connectivity index (χ4n) is 1.67. The van der Waals surface area contributed by atoms with Gasteiger partial charge in [-0.15, -0.1) is 11.3 Å². The third-order valence-corrected chi connectivity index (χ3v) is 3.34. The summed E-state index contributed by atoms with van der Waals surface area (Å²) in [6.07, 6.45) is 2.97. The quantitative estimate of drug-likeness (QED) is 0.824. The maximum absolute atomic E-state index is 11.8. The average Bonchev–Trinajstić information content (AvgIpc) is 2.87. The van der Waals surface area contributed by atoms with E-state index >= 15 is 0 Å². The van der Waals surface area contributed by atoms with Crippen LogP contribution in [0.4, 0.5) is 5.13 Å². The third kappa shape index (κ3) is 2.58. The Hall–Kier alpha value is -0.980. The molecule has 0 radical (unpaired) electrons. The van der Waals surface area contributed by atoms with Gasteiger partial charge in [0.05, 0.1) is 6.10 Å². The van der Waals surface area contributed by atoms with Gasteiger partial charge in [-0.25, -0.2) is 4.98 Å². The Morgan fingerprint density at radius 1 is 1.75 bits per heavy atom. The normalized spacial score (nSPS) is 24.6. The summed E-state index contributed by atoms with van der Waals surface area (Å²) in [5, 5.41) is 3.38. The molecule has 0 aliphatic carbocycles. The molecule has 2 heterocycles. The van der Waals surface area contributed by atoms with Crippen molar-refractivity contribution in [3.63, 3.8) is 0 Å². The van der Waals surface area contributed by atoms with Gasteiger partial charge in [-0.1, -0.05) is 0 Å². The Bertz CT molecular complexity index is 380. The van der Waals surface area contributed by atoms with Crippen LogP contribution >= 0.6 is 11.3 Å². The number of carbonyl (C=O) groups is 1. The summed E-state index contributed by atoms with van der Waals surface area (Å²) in [5.41, 5.74) is 5.49. The first-order valence-electron chi connectivity index (χ1n) is 5.28. The first-order chi connectivity index (χ1) is 7.69. The molecular weight excluding hydrogens is 226 g/mol. The smallest absolute Gasteiger partial charge is 0.255 e. The van der Waals surface area contributed by atoms with Gasteiger partial charge in [-0.2, -0.15) is 0 Å². The van der Waals surface area contributed by atoms with Crippen molar-refractivity contribution in [2.24, 2.45) is 5.73 Å². The Balaban J connectivity index is 1.89. The Morgan fingerprint density at radius 2 is 2.56 bits per heavy atom. The molecule has 2 unspecified atom stereocenters. The largest absolute Gasteiger partial charge is 0.364 e. The molecule has 2 rings (SSSR count). The highest BCUT2D eigenvalue weighted by atomic mass is 32.1. The van der Waals surface area contributed by atoms with Crippen LogP contribution in [-0.4, -0.2) is 29.6 Å². The van der Waals surface area contributed by atoms with E-state index in [1.165, 1.54) is 11.3 Å². The molecule has 3 N–H and O–H groups in total. The zero-order valence-electron chi connectivity index (χ0n) is 9.10. The van der Waals surface area contributed by atoms with Gasteiger partial charge < -0.3 is 10.5 Å². The van der Waals surface area contributed by atoms with Gasteiger partial charge in [0, 0.05) is 17.6 Å². The highest BCUT2D eigenvalue weighted by Crippen LogP contribution is 2.22. The van der Waals surface area contributed by atoms with E-state index in [0.717, 1.165) is 17.7 Å². The number of thiazole rings is 1. The number of hydrogen-bond donors (Lipinski definition) is 2. The Labute approximate surface area is 98.0 Å². The van der Waals surface area contributed by atoms with E-state index in [1.807, 2.05) is 6.92 Å². The highest BCUT2D eigenvalue weighted by molar-refractivity contribution is 7.15. The summed E-state index contributed by atoms with van der Waals surface area (Å²) < 4.78 is 5.49. The predicted octanol–water partition coefficient (Wildman–Crippen LogP) is 0.896. The summed E-state index contributed by atoms with van der Waals surface area (Å²) in [6, 6.07) is 0. The number of nitrogens with zero attached hydrogens (tertiary/aromatic N) is 1. The molecule has 88 valence electrons. The molecule has 1 amide bonds. The van der Waals surface area contributed by atoms with Crippen LogP contribution in [0.25, 0.3) is 0 Å². The van der Waals surface area contributed by atoms with E-state index < -0.39 is 0 Å². The fourth-order valence-corrected chi connectivity index (χ4v) is 2.34. The second kappa shape index (κ2) is 4.90. The number of nitrogens with one attached hydrogen (secondary N) is 1. The van der Waals surface area contributed by atoms with E-state index in [-0.39, 0.29) is 18.1 Å². The molecule has 1 aliphatic heterocycles. The number of aromatic nitrogens is 1. The number of aryl methyl sites for hydroxylation is 1. The number of hydrogen-bond acceptors (Lipinski definition) is 5. The van der Waals surface area contributed by atoms with E-state index in [4.69, 9.17) is 10.5 Å². The third-order valence-electron chi connectivity index (χ3n) is 2.51. The van der Waals surface area contributed by atoms with Gasteiger partial charge in [0.1, 0.15) is 6.10 Å². The van der Waals surface area contributed by atoms with E-state index in [2.05, 4.69) is 10.3 Å². The lowest BCUT2D eigenvalue weighted by Crippen LogP contribution is -2.29. The molecule has 0 saturated carbocycles.